The molecule has 0 saturated carbocycles. The number of hydrogen-bond donors (Lipinski definition) is 0. The van der Waals surface area contributed by atoms with E-state index < -0.39 is 17.5 Å². The van der Waals surface area contributed by atoms with Crippen LogP contribution < -0.4 is 0 Å². The zero-order chi connectivity index (χ0) is 20.6. The van der Waals surface area contributed by atoms with Gasteiger partial charge in [-0.15, -0.1) is 0 Å². The van der Waals surface area contributed by atoms with Crippen molar-refractivity contribution in [2.24, 2.45) is 5.92 Å². The van der Waals surface area contributed by atoms with Crippen LogP contribution in [0, 0.1) is 5.92 Å². The molecule has 0 aliphatic carbocycles. The highest BCUT2D eigenvalue weighted by molar-refractivity contribution is 6.81. The summed E-state index contributed by atoms with van der Waals surface area (Å²) in [4.78, 5) is 2.69. The van der Waals surface area contributed by atoms with Crippen LogP contribution in [0.3, 0.4) is 0 Å². The number of piperazine rings is 1. The number of hydrogen-bond acceptors (Lipinski definition) is 4. The summed E-state index contributed by atoms with van der Waals surface area (Å²) in [5.41, 5.74) is 2.44. The lowest BCUT2D eigenvalue weighted by molar-refractivity contribution is 0.156. The van der Waals surface area contributed by atoms with Crippen LogP contribution in [0.2, 0.25) is 22.7 Å². The standard InChI is InChI=1S/C21H48N2O2Si2/c1-10-24-26(25-11-2)17-21(9)16-22-12-14-23(15-13-22)27(18(3)4,19(5)6)20(7)8/h18-21,26H,10-17H2,1-9H3. The van der Waals surface area contributed by atoms with E-state index >= 15 is 0 Å². The van der Waals surface area contributed by atoms with E-state index in [4.69, 9.17) is 8.85 Å². The summed E-state index contributed by atoms with van der Waals surface area (Å²) in [6.45, 7) is 29.1. The van der Waals surface area contributed by atoms with Crippen molar-refractivity contribution in [2.45, 2.75) is 85.0 Å². The Morgan fingerprint density at radius 1 is 0.778 bits per heavy atom. The maximum absolute atomic E-state index is 5.88. The molecule has 0 spiro atoms. The van der Waals surface area contributed by atoms with E-state index in [1.165, 1.54) is 32.7 Å². The van der Waals surface area contributed by atoms with Crippen molar-refractivity contribution in [3.8, 4) is 0 Å². The SMILES string of the molecule is CCO[SiH](CC(C)CN1CCN([Si](C(C)C)(C(C)C)C(C)C)CC1)OCC. The highest BCUT2D eigenvalue weighted by Gasteiger charge is 2.48. The summed E-state index contributed by atoms with van der Waals surface area (Å²) >= 11 is 0. The van der Waals surface area contributed by atoms with Crippen molar-refractivity contribution < 1.29 is 8.85 Å². The van der Waals surface area contributed by atoms with Gasteiger partial charge in [0.15, 0.2) is 0 Å². The molecule has 6 heteroatoms. The van der Waals surface area contributed by atoms with Gasteiger partial charge in [0.05, 0.1) is 0 Å². The van der Waals surface area contributed by atoms with E-state index in [1.807, 2.05) is 0 Å². The second-order valence-electron chi connectivity index (χ2n) is 9.32. The molecule has 4 nitrogen and oxygen atoms in total. The minimum absolute atomic E-state index is 0.661. The first-order valence-electron chi connectivity index (χ1n) is 11.4. The highest BCUT2D eigenvalue weighted by Crippen LogP contribution is 2.44. The molecule has 162 valence electrons. The van der Waals surface area contributed by atoms with Crippen LogP contribution in [0.25, 0.3) is 0 Å². The fraction of sp³-hybridized carbons (Fsp3) is 1.00. The van der Waals surface area contributed by atoms with Gasteiger partial charge in [0.2, 0.25) is 0 Å². The molecule has 1 fully saturated rings. The molecular formula is C21H48N2O2Si2. The Morgan fingerprint density at radius 2 is 1.22 bits per heavy atom. The van der Waals surface area contributed by atoms with Crippen molar-refractivity contribution >= 4 is 17.5 Å². The third-order valence-electron chi connectivity index (χ3n) is 6.56. The van der Waals surface area contributed by atoms with E-state index in [1.54, 1.807) is 0 Å². The second kappa shape index (κ2) is 12.1. The van der Waals surface area contributed by atoms with E-state index in [2.05, 4.69) is 71.8 Å². The number of rotatable bonds is 12. The van der Waals surface area contributed by atoms with Crippen LogP contribution in [0.5, 0.6) is 0 Å². The summed E-state index contributed by atoms with van der Waals surface area (Å²) in [6.07, 6.45) is 0. The van der Waals surface area contributed by atoms with Gasteiger partial charge in [0.25, 0.3) is 0 Å². The summed E-state index contributed by atoms with van der Waals surface area (Å²) in [6, 6.07) is 1.13. The molecule has 1 heterocycles. The molecule has 0 bridgehead atoms. The van der Waals surface area contributed by atoms with Crippen molar-refractivity contribution in [2.75, 3.05) is 45.9 Å². The minimum Gasteiger partial charge on any atom is -0.397 e. The van der Waals surface area contributed by atoms with Gasteiger partial charge in [-0.05, 0) is 42.4 Å². The van der Waals surface area contributed by atoms with E-state index in [0.29, 0.717) is 5.92 Å². The van der Waals surface area contributed by atoms with Gasteiger partial charge in [-0.1, -0.05) is 48.5 Å². The molecular weight excluding hydrogens is 368 g/mol. The first kappa shape index (κ1) is 25.3. The lowest BCUT2D eigenvalue weighted by Gasteiger charge is -2.54. The molecule has 1 atom stereocenters. The Balaban J connectivity index is 2.62. The van der Waals surface area contributed by atoms with Crippen molar-refractivity contribution in [1.29, 1.82) is 0 Å². The Hall–Kier alpha value is 0.274. The first-order chi connectivity index (χ1) is 12.7. The van der Waals surface area contributed by atoms with Crippen LogP contribution in [0.4, 0.5) is 0 Å². The quantitative estimate of drug-likeness (QED) is 0.430. The summed E-state index contributed by atoms with van der Waals surface area (Å²) < 4.78 is 14.7. The lowest BCUT2D eigenvalue weighted by atomic mass is 10.2. The van der Waals surface area contributed by atoms with Gasteiger partial charge in [-0.3, -0.25) is 0 Å². The Labute approximate surface area is 172 Å². The molecule has 1 aliphatic heterocycles. The summed E-state index contributed by atoms with van der Waals surface area (Å²) in [5.74, 6) is 0.661. The molecule has 0 amide bonds. The van der Waals surface area contributed by atoms with Crippen LogP contribution in [-0.4, -0.2) is 72.9 Å². The molecule has 1 unspecified atom stereocenters. The molecule has 27 heavy (non-hydrogen) atoms. The van der Waals surface area contributed by atoms with Gasteiger partial charge in [0.1, 0.15) is 8.24 Å². The predicted octanol–water partition coefficient (Wildman–Crippen LogP) is 4.71. The van der Waals surface area contributed by atoms with Gasteiger partial charge >= 0.3 is 9.28 Å². The Bertz CT molecular complexity index is 372. The highest BCUT2D eigenvalue weighted by atomic mass is 28.3. The number of nitrogens with zero attached hydrogens (tertiary/aromatic N) is 2. The molecule has 0 N–H and O–H groups in total. The topological polar surface area (TPSA) is 24.9 Å². The van der Waals surface area contributed by atoms with Crippen molar-refractivity contribution in [3.05, 3.63) is 0 Å². The lowest BCUT2D eigenvalue weighted by Crippen LogP contribution is -2.65. The molecule has 1 rings (SSSR count). The van der Waals surface area contributed by atoms with Gasteiger partial charge in [-0.2, -0.15) is 0 Å². The fourth-order valence-electron chi connectivity index (χ4n) is 5.81. The fourth-order valence-corrected chi connectivity index (χ4v) is 14.9. The predicted molar refractivity (Wildman–Crippen MR) is 123 cm³/mol. The summed E-state index contributed by atoms with van der Waals surface area (Å²) in [5, 5.41) is 0. The van der Waals surface area contributed by atoms with Crippen LogP contribution in [0.15, 0.2) is 0 Å². The van der Waals surface area contributed by atoms with Crippen molar-refractivity contribution in [3.63, 3.8) is 0 Å². The Morgan fingerprint density at radius 3 is 1.59 bits per heavy atom. The first-order valence-corrected chi connectivity index (χ1v) is 15.3. The van der Waals surface area contributed by atoms with E-state index in [-0.39, 0.29) is 0 Å². The molecule has 0 radical (unpaired) electrons. The van der Waals surface area contributed by atoms with E-state index in [9.17, 15) is 0 Å². The monoisotopic (exact) mass is 416 g/mol. The maximum Gasteiger partial charge on any atom is 0.321 e. The van der Waals surface area contributed by atoms with Gasteiger partial charge < -0.3 is 18.3 Å². The third-order valence-corrected chi connectivity index (χ3v) is 16.3. The van der Waals surface area contributed by atoms with Crippen molar-refractivity contribution in [1.82, 2.24) is 9.47 Å². The van der Waals surface area contributed by atoms with E-state index in [0.717, 1.165) is 35.9 Å². The zero-order valence-corrected chi connectivity index (χ0v) is 21.9. The van der Waals surface area contributed by atoms with Crippen LogP contribution in [0.1, 0.15) is 62.3 Å². The molecule has 1 aliphatic rings. The average Bonchev–Trinajstić information content (AvgIpc) is 2.56. The molecule has 0 aromatic rings. The van der Waals surface area contributed by atoms with Gasteiger partial charge in [0, 0.05) is 45.9 Å². The summed E-state index contributed by atoms with van der Waals surface area (Å²) in [7, 11) is -2.94. The Kier molecular flexibility index (Phi) is 11.3. The van der Waals surface area contributed by atoms with Crippen LogP contribution >= 0.6 is 0 Å². The van der Waals surface area contributed by atoms with Gasteiger partial charge in [-0.25, -0.2) is 0 Å². The normalized spacial score (nSPS) is 19.0. The largest absolute Gasteiger partial charge is 0.397 e. The second-order valence-corrected chi connectivity index (χ2v) is 17.2. The van der Waals surface area contributed by atoms with Crippen LogP contribution in [-0.2, 0) is 8.85 Å². The zero-order valence-electron chi connectivity index (χ0n) is 19.8. The minimum atomic E-state index is -1.47. The third kappa shape index (κ3) is 6.64. The molecule has 0 aromatic heterocycles. The molecule has 0 aromatic carbocycles. The molecule has 1 saturated heterocycles. The maximum atomic E-state index is 5.88. The average molecular weight is 417 g/mol. The smallest absolute Gasteiger partial charge is 0.321 e.